The number of anilines is 1. The quantitative estimate of drug-likeness (QED) is 0.824. The highest BCUT2D eigenvalue weighted by molar-refractivity contribution is 5.80. The molecule has 6 heteroatoms. The molecule has 0 spiro atoms. The molecule has 0 aliphatic carbocycles. The Labute approximate surface area is 117 Å². The summed E-state index contributed by atoms with van der Waals surface area (Å²) in [6, 6.07) is 6.00. The third-order valence-electron chi connectivity index (χ3n) is 3.69. The molecule has 1 aliphatic rings. The van der Waals surface area contributed by atoms with E-state index in [1.165, 1.54) is 0 Å². The highest BCUT2D eigenvalue weighted by atomic mass is 16.4. The SMILES string of the molecule is CN1CCN(c2ccc3nc(CC(=O)[O-])[nH]c3c2)CC1. The number of aromatic nitrogens is 2. The number of carboxylic acid groups (broad SMARTS) is 1. The molecule has 0 saturated carbocycles. The van der Waals surface area contributed by atoms with Crippen LogP contribution in [0.15, 0.2) is 18.2 Å². The lowest BCUT2D eigenvalue weighted by atomic mass is 10.2. The van der Waals surface area contributed by atoms with Gasteiger partial charge in [-0.2, -0.15) is 0 Å². The largest absolute Gasteiger partial charge is 0.550 e. The molecule has 0 amide bonds. The molecule has 0 bridgehead atoms. The lowest BCUT2D eigenvalue weighted by Crippen LogP contribution is -2.44. The van der Waals surface area contributed by atoms with Crippen molar-refractivity contribution in [3.63, 3.8) is 0 Å². The van der Waals surface area contributed by atoms with E-state index in [-0.39, 0.29) is 6.42 Å². The molecule has 6 nitrogen and oxygen atoms in total. The summed E-state index contributed by atoms with van der Waals surface area (Å²) in [5, 5.41) is 10.6. The van der Waals surface area contributed by atoms with Crippen molar-refractivity contribution in [3.8, 4) is 0 Å². The molecule has 3 rings (SSSR count). The Hall–Kier alpha value is -2.08. The summed E-state index contributed by atoms with van der Waals surface area (Å²) < 4.78 is 0. The maximum absolute atomic E-state index is 10.6. The van der Waals surface area contributed by atoms with Crippen LogP contribution >= 0.6 is 0 Å². The van der Waals surface area contributed by atoms with Gasteiger partial charge in [0.25, 0.3) is 0 Å². The molecule has 1 aromatic carbocycles. The minimum atomic E-state index is -1.12. The first kappa shape index (κ1) is 12.9. The standard InChI is InChI=1S/C14H18N4O2/c1-17-4-6-18(7-5-17)10-2-3-11-12(8-10)16-13(15-11)9-14(19)20/h2-3,8H,4-7,9H2,1H3,(H,15,16)(H,19,20)/p-1. The highest BCUT2D eigenvalue weighted by Gasteiger charge is 2.15. The Morgan fingerprint density at radius 1 is 1.35 bits per heavy atom. The van der Waals surface area contributed by atoms with Crippen molar-refractivity contribution < 1.29 is 9.90 Å². The van der Waals surface area contributed by atoms with Gasteiger partial charge >= 0.3 is 0 Å². The van der Waals surface area contributed by atoms with Gasteiger partial charge in [0.2, 0.25) is 0 Å². The average molecular weight is 273 g/mol. The van der Waals surface area contributed by atoms with Gasteiger partial charge in [-0.3, -0.25) is 0 Å². The number of carboxylic acids is 1. The summed E-state index contributed by atoms with van der Waals surface area (Å²) in [4.78, 5) is 22.5. The molecule has 2 aromatic rings. The smallest absolute Gasteiger partial charge is 0.112 e. The minimum absolute atomic E-state index is 0.182. The van der Waals surface area contributed by atoms with Crippen LogP contribution in [-0.4, -0.2) is 54.1 Å². The van der Waals surface area contributed by atoms with E-state index >= 15 is 0 Å². The monoisotopic (exact) mass is 273 g/mol. The third kappa shape index (κ3) is 2.60. The van der Waals surface area contributed by atoms with Gasteiger partial charge in [-0.1, -0.05) is 0 Å². The van der Waals surface area contributed by atoms with Gasteiger partial charge in [-0.15, -0.1) is 0 Å². The number of fused-ring (bicyclic) bond motifs is 1. The Bertz CT molecular complexity index is 629. The lowest BCUT2D eigenvalue weighted by Gasteiger charge is -2.34. The van der Waals surface area contributed by atoms with Gasteiger partial charge < -0.3 is 24.7 Å². The second-order valence-corrected chi connectivity index (χ2v) is 5.22. The van der Waals surface area contributed by atoms with Gasteiger partial charge in [-0.05, 0) is 25.2 Å². The van der Waals surface area contributed by atoms with Crippen LogP contribution in [0.4, 0.5) is 5.69 Å². The van der Waals surface area contributed by atoms with Crippen LogP contribution in [0.2, 0.25) is 0 Å². The summed E-state index contributed by atoms with van der Waals surface area (Å²) in [5.41, 5.74) is 2.81. The topological polar surface area (TPSA) is 75.3 Å². The summed E-state index contributed by atoms with van der Waals surface area (Å²) in [7, 11) is 2.13. The van der Waals surface area contributed by atoms with Gasteiger partial charge in [-0.25, -0.2) is 4.98 Å². The van der Waals surface area contributed by atoms with Gasteiger partial charge in [0.05, 0.1) is 11.0 Å². The number of hydrogen-bond donors (Lipinski definition) is 1. The number of aromatic amines is 1. The Balaban J connectivity index is 1.84. The fourth-order valence-electron chi connectivity index (χ4n) is 2.53. The number of benzene rings is 1. The number of likely N-dealkylation sites (N-methyl/N-ethyl adjacent to an activating group) is 1. The maximum atomic E-state index is 10.6. The number of rotatable bonds is 3. The van der Waals surface area contributed by atoms with E-state index in [9.17, 15) is 9.90 Å². The van der Waals surface area contributed by atoms with Crippen LogP contribution in [0.25, 0.3) is 11.0 Å². The molecule has 2 heterocycles. The molecule has 0 unspecified atom stereocenters. The van der Waals surface area contributed by atoms with Gasteiger partial charge in [0.15, 0.2) is 0 Å². The molecule has 0 radical (unpaired) electrons. The van der Waals surface area contributed by atoms with Crippen LogP contribution in [0.1, 0.15) is 5.82 Å². The second-order valence-electron chi connectivity index (χ2n) is 5.22. The van der Waals surface area contributed by atoms with E-state index in [1.807, 2.05) is 18.2 Å². The molecule has 0 atom stereocenters. The molecule has 1 N–H and O–H groups in total. The molecule has 1 saturated heterocycles. The predicted octanol–water partition coefficient (Wildman–Crippen LogP) is -0.393. The van der Waals surface area contributed by atoms with Crippen molar-refractivity contribution in [2.24, 2.45) is 0 Å². The molecular weight excluding hydrogens is 256 g/mol. The van der Waals surface area contributed by atoms with E-state index in [2.05, 4.69) is 26.8 Å². The number of imidazole rings is 1. The molecular formula is C14H17N4O2-. The predicted molar refractivity (Wildman–Crippen MR) is 74.5 cm³/mol. The van der Waals surface area contributed by atoms with Crippen molar-refractivity contribution in [1.82, 2.24) is 14.9 Å². The number of H-pyrrole nitrogens is 1. The third-order valence-corrected chi connectivity index (χ3v) is 3.69. The van der Waals surface area contributed by atoms with E-state index in [4.69, 9.17) is 0 Å². The van der Waals surface area contributed by atoms with Crippen molar-refractivity contribution >= 4 is 22.7 Å². The number of piperazine rings is 1. The van der Waals surface area contributed by atoms with Crippen LogP contribution in [-0.2, 0) is 11.2 Å². The van der Waals surface area contributed by atoms with E-state index in [0.29, 0.717) is 5.82 Å². The Morgan fingerprint density at radius 3 is 2.80 bits per heavy atom. The van der Waals surface area contributed by atoms with Crippen LogP contribution in [0.5, 0.6) is 0 Å². The highest BCUT2D eigenvalue weighted by Crippen LogP contribution is 2.21. The number of hydrogen-bond acceptors (Lipinski definition) is 5. The summed E-state index contributed by atoms with van der Waals surface area (Å²) in [6.45, 7) is 4.11. The van der Waals surface area contributed by atoms with E-state index < -0.39 is 5.97 Å². The summed E-state index contributed by atoms with van der Waals surface area (Å²) in [5.74, 6) is -0.682. The van der Waals surface area contributed by atoms with Crippen molar-refractivity contribution in [1.29, 1.82) is 0 Å². The summed E-state index contributed by atoms with van der Waals surface area (Å²) >= 11 is 0. The van der Waals surface area contributed by atoms with E-state index in [1.54, 1.807) is 0 Å². The minimum Gasteiger partial charge on any atom is -0.550 e. The van der Waals surface area contributed by atoms with Crippen molar-refractivity contribution in [3.05, 3.63) is 24.0 Å². The van der Waals surface area contributed by atoms with Crippen molar-refractivity contribution in [2.75, 3.05) is 38.1 Å². The molecule has 20 heavy (non-hydrogen) atoms. The van der Waals surface area contributed by atoms with Crippen molar-refractivity contribution in [2.45, 2.75) is 6.42 Å². The van der Waals surface area contributed by atoms with Crippen LogP contribution in [0.3, 0.4) is 0 Å². The zero-order valence-corrected chi connectivity index (χ0v) is 11.4. The zero-order chi connectivity index (χ0) is 14.1. The molecule has 1 aromatic heterocycles. The van der Waals surface area contributed by atoms with Gasteiger partial charge in [0.1, 0.15) is 5.82 Å². The number of carbonyl (C=O) groups is 1. The second kappa shape index (κ2) is 5.13. The number of nitrogens with one attached hydrogen (secondary N) is 1. The Morgan fingerprint density at radius 2 is 2.10 bits per heavy atom. The lowest BCUT2D eigenvalue weighted by molar-refractivity contribution is -0.304. The fourth-order valence-corrected chi connectivity index (χ4v) is 2.53. The first-order chi connectivity index (χ1) is 9.61. The van der Waals surface area contributed by atoms with Gasteiger partial charge in [0, 0.05) is 44.3 Å². The van der Waals surface area contributed by atoms with Crippen LogP contribution in [0, 0.1) is 0 Å². The first-order valence-electron chi connectivity index (χ1n) is 6.74. The number of aliphatic carboxylic acids is 1. The number of carbonyl (C=O) groups excluding carboxylic acids is 1. The van der Waals surface area contributed by atoms with E-state index in [0.717, 1.165) is 42.9 Å². The first-order valence-corrected chi connectivity index (χ1v) is 6.74. The fraction of sp³-hybridized carbons (Fsp3) is 0.429. The zero-order valence-electron chi connectivity index (χ0n) is 11.4. The molecule has 1 aliphatic heterocycles. The summed E-state index contributed by atoms with van der Waals surface area (Å²) in [6.07, 6.45) is -0.182. The average Bonchev–Trinajstić information content (AvgIpc) is 2.79. The molecule has 1 fully saturated rings. The Kier molecular flexibility index (Phi) is 3.31. The normalized spacial score (nSPS) is 16.8. The number of nitrogens with zero attached hydrogens (tertiary/aromatic N) is 3. The van der Waals surface area contributed by atoms with Crippen LogP contribution < -0.4 is 10.0 Å². The molecule has 106 valence electrons. The maximum Gasteiger partial charge on any atom is 0.112 e.